The number of aliphatic hydroxyl groups excluding tert-OH is 1. The van der Waals surface area contributed by atoms with E-state index in [0.29, 0.717) is 17.1 Å². The fourth-order valence-electron chi connectivity index (χ4n) is 7.25. The van der Waals surface area contributed by atoms with Gasteiger partial charge in [0.15, 0.2) is 14.5 Å². The summed E-state index contributed by atoms with van der Waals surface area (Å²) in [4.78, 5) is 30.5. The first-order chi connectivity index (χ1) is 26.7. The zero-order chi connectivity index (χ0) is 39.0. The van der Waals surface area contributed by atoms with Crippen molar-refractivity contribution in [1.29, 1.82) is 0 Å². The standard InChI is InChI=1S/C43H49N3O8Si/c1-6-55(7-2,8-3)54-39-36(53-41(38(39)47)46-28-27-37(45-42(46)49)44-40(48)30-15-11-9-12-16-30)29-52-43(31-17-13-10-14-18-31,32-19-23-34(50-4)24-20-32)33-21-25-35(51-5)26-22-33/h9-28,36,38-39,41,47H,6-8,29H2,1-5H3,(H,44,45,48,49)/t36-,38-,39-,41-/m1/s1. The van der Waals surface area contributed by atoms with Crippen LogP contribution in [0.3, 0.4) is 0 Å². The van der Waals surface area contributed by atoms with Crippen molar-refractivity contribution in [2.45, 2.75) is 69.0 Å². The highest BCUT2D eigenvalue weighted by atomic mass is 28.4. The molecule has 1 saturated heterocycles. The van der Waals surface area contributed by atoms with E-state index in [1.807, 2.05) is 84.9 Å². The molecular formula is C43H49N3O8Si. The lowest BCUT2D eigenvalue weighted by molar-refractivity contribution is -0.0946. The molecule has 0 aliphatic carbocycles. The number of methoxy groups -OCH3 is 2. The summed E-state index contributed by atoms with van der Waals surface area (Å²) < 4.78 is 33.1. The lowest BCUT2D eigenvalue weighted by Gasteiger charge is -2.38. The minimum atomic E-state index is -2.33. The minimum absolute atomic E-state index is 0.0137. The summed E-state index contributed by atoms with van der Waals surface area (Å²) in [5, 5.41) is 14.7. The number of hydrogen-bond acceptors (Lipinski definition) is 9. The van der Waals surface area contributed by atoms with Crippen LogP contribution < -0.4 is 20.5 Å². The zero-order valence-corrected chi connectivity index (χ0v) is 32.9. The largest absolute Gasteiger partial charge is 0.497 e. The van der Waals surface area contributed by atoms with Crippen molar-refractivity contribution in [2.24, 2.45) is 0 Å². The van der Waals surface area contributed by atoms with Crippen LogP contribution in [-0.4, -0.2) is 68.0 Å². The lowest BCUT2D eigenvalue weighted by atomic mass is 9.80. The van der Waals surface area contributed by atoms with E-state index in [1.54, 1.807) is 38.5 Å². The Balaban J connectivity index is 1.38. The van der Waals surface area contributed by atoms with E-state index >= 15 is 0 Å². The molecule has 0 spiro atoms. The normalized spacial score (nSPS) is 18.5. The summed E-state index contributed by atoms with van der Waals surface area (Å²) in [5.41, 5.74) is 1.12. The van der Waals surface area contributed by atoms with Gasteiger partial charge in [0.25, 0.3) is 5.91 Å². The van der Waals surface area contributed by atoms with Gasteiger partial charge in [-0.25, -0.2) is 4.79 Å². The molecule has 288 valence electrons. The van der Waals surface area contributed by atoms with Crippen molar-refractivity contribution >= 4 is 20.0 Å². The summed E-state index contributed by atoms with van der Waals surface area (Å²) >= 11 is 0. The van der Waals surface area contributed by atoms with E-state index in [2.05, 4.69) is 31.1 Å². The van der Waals surface area contributed by atoms with Crippen LogP contribution in [0.4, 0.5) is 5.82 Å². The van der Waals surface area contributed by atoms with Crippen LogP contribution in [0, 0.1) is 0 Å². The summed E-state index contributed by atoms with van der Waals surface area (Å²) in [7, 11) is 0.919. The topological polar surface area (TPSA) is 130 Å². The predicted molar refractivity (Wildman–Crippen MR) is 213 cm³/mol. The number of hydrogen-bond donors (Lipinski definition) is 2. The SMILES string of the molecule is CC[Si](CC)(CC)O[C@H]1[C@@H](O)[C@H](n2ccc(NC(=O)c3ccccc3)nc2=O)O[C@@H]1COC(c1ccccc1)(c1ccc(OC)cc1)c1ccc(OC)cc1. The maximum absolute atomic E-state index is 13.6. The molecule has 2 N–H and O–H groups in total. The highest BCUT2D eigenvalue weighted by molar-refractivity contribution is 6.73. The summed E-state index contributed by atoms with van der Waals surface area (Å²) in [5.74, 6) is 1.08. The number of nitrogens with one attached hydrogen (secondary N) is 1. The number of carbonyl (C=O) groups excluding carboxylic acids is 1. The van der Waals surface area contributed by atoms with Crippen LogP contribution in [0.1, 0.15) is 54.0 Å². The quantitative estimate of drug-likeness (QED) is 0.0794. The van der Waals surface area contributed by atoms with Crippen molar-refractivity contribution in [1.82, 2.24) is 9.55 Å². The zero-order valence-electron chi connectivity index (χ0n) is 31.9. The highest BCUT2D eigenvalue weighted by Crippen LogP contribution is 2.43. The summed E-state index contributed by atoms with van der Waals surface area (Å²) in [6.45, 7) is 6.35. The lowest BCUT2D eigenvalue weighted by Crippen LogP contribution is -2.48. The van der Waals surface area contributed by atoms with Gasteiger partial charge in [-0.1, -0.05) is 93.6 Å². The average molecular weight is 764 g/mol. The Kier molecular flexibility index (Phi) is 12.6. The Bertz CT molecular complexity index is 2000. The molecule has 6 rings (SSSR count). The fourth-order valence-corrected chi connectivity index (χ4v) is 10.1. The van der Waals surface area contributed by atoms with Gasteiger partial charge in [0.1, 0.15) is 41.2 Å². The third kappa shape index (κ3) is 8.29. The van der Waals surface area contributed by atoms with Gasteiger partial charge in [0, 0.05) is 11.8 Å². The molecule has 55 heavy (non-hydrogen) atoms. The number of amides is 1. The molecule has 4 aromatic carbocycles. The minimum Gasteiger partial charge on any atom is -0.497 e. The van der Waals surface area contributed by atoms with Crippen LogP contribution in [0.15, 0.2) is 126 Å². The molecule has 0 unspecified atom stereocenters. The molecule has 0 bridgehead atoms. The monoisotopic (exact) mass is 763 g/mol. The number of ether oxygens (including phenoxy) is 4. The van der Waals surface area contributed by atoms with Gasteiger partial charge < -0.3 is 33.8 Å². The summed E-state index contributed by atoms with van der Waals surface area (Å²) in [6.07, 6.45) is -2.51. The number of aliphatic hydroxyl groups is 1. The van der Waals surface area contributed by atoms with E-state index in [4.69, 9.17) is 23.4 Å². The van der Waals surface area contributed by atoms with Crippen molar-refractivity contribution < 1.29 is 33.3 Å². The number of aromatic nitrogens is 2. The Labute approximate surface area is 323 Å². The van der Waals surface area contributed by atoms with Gasteiger partial charge in [-0.05, 0) is 77.3 Å². The smallest absolute Gasteiger partial charge is 0.351 e. The first-order valence-electron chi connectivity index (χ1n) is 18.7. The van der Waals surface area contributed by atoms with E-state index in [1.165, 1.54) is 16.8 Å². The molecular weight excluding hydrogens is 715 g/mol. The molecule has 1 fully saturated rings. The van der Waals surface area contributed by atoms with Crippen molar-refractivity contribution in [3.8, 4) is 11.5 Å². The second kappa shape index (κ2) is 17.6. The van der Waals surface area contributed by atoms with Gasteiger partial charge in [0.2, 0.25) is 0 Å². The molecule has 11 nitrogen and oxygen atoms in total. The molecule has 0 saturated carbocycles. The fraction of sp³-hybridized carbons (Fsp3) is 0.326. The average Bonchev–Trinajstić information content (AvgIpc) is 3.54. The Hall–Kier alpha value is -5.11. The number of nitrogens with zero attached hydrogens (tertiary/aromatic N) is 2. The van der Waals surface area contributed by atoms with E-state index in [-0.39, 0.29) is 12.4 Å². The third-order valence-electron chi connectivity index (χ3n) is 10.6. The molecule has 1 amide bonds. The first-order valence-corrected chi connectivity index (χ1v) is 21.2. The third-order valence-corrected chi connectivity index (χ3v) is 15.3. The van der Waals surface area contributed by atoms with Crippen LogP contribution in [0.25, 0.3) is 0 Å². The maximum atomic E-state index is 13.6. The highest BCUT2D eigenvalue weighted by Gasteiger charge is 2.50. The molecule has 4 atom stereocenters. The number of anilines is 1. The van der Waals surface area contributed by atoms with Gasteiger partial charge in [0.05, 0.1) is 20.8 Å². The first kappa shape index (κ1) is 39.6. The van der Waals surface area contributed by atoms with Crippen molar-refractivity contribution in [2.75, 3.05) is 26.1 Å². The number of benzene rings is 4. The molecule has 1 aliphatic heterocycles. The van der Waals surface area contributed by atoms with Gasteiger partial charge >= 0.3 is 5.69 Å². The second-order valence-electron chi connectivity index (χ2n) is 13.5. The van der Waals surface area contributed by atoms with Crippen molar-refractivity contribution in [3.05, 3.63) is 154 Å². The van der Waals surface area contributed by atoms with Crippen LogP contribution in [-0.2, 0) is 19.5 Å². The molecule has 1 aliphatic rings. The van der Waals surface area contributed by atoms with E-state index in [9.17, 15) is 14.7 Å². The molecule has 0 radical (unpaired) electrons. The van der Waals surface area contributed by atoms with E-state index in [0.717, 1.165) is 34.8 Å². The molecule has 12 heteroatoms. The van der Waals surface area contributed by atoms with Crippen LogP contribution >= 0.6 is 0 Å². The Morgan fingerprint density at radius 2 is 1.33 bits per heavy atom. The van der Waals surface area contributed by atoms with Crippen molar-refractivity contribution in [3.63, 3.8) is 0 Å². The molecule has 1 aromatic heterocycles. The van der Waals surface area contributed by atoms with Crippen LogP contribution in [0.5, 0.6) is 11.5 Å². The Morgan fingerprint density at radius 1 is 0.800 bits per heavy atom. The Morgan fingerprint density at radius 3 is 1.84 bits per heavy atom. The second-order valence-corrected chi connectivity index (χ2v) is 18.2. The van der Waals surface area contributed by atoms with Gasteiger partial charge in [-0.15, -0.1) is 0 Å². The van der Waals surface area contributed by atoms with Gasteiger partial charge in [-0.2, -0.15) is 4.98 Å². The van der Waals surface area contributed by atoms with Gasteiger partial charge in [-0.3, -0.25) is 9.36 Å². The van der Waals surface area contributed by atoms with E-state index < -0.39 is 50.1 Å². The van der Waals surface area contributed by atoms with Crippen LogP contribution in [0.2, 0.25) is 18.1 Å². The maximum Gasteiger partial charge on any atom is 0.351 e. The molecule has 2 heterocycles. The predicted octanol–water partition coefficient (Wildman–Crippen LogP) is 7.17. The summed E-state index contributed by atoms with van der Waals surface area (Å²) in [6, 6.07) is 38.1. The molecule has 5 aromatic rings. The number of rotatable bonds is 16. The number of carbonyl (C=O) groups is 1.